The van der Waals surface area contributed by atoms with Crippen LogP contribution < -0.4 is 4.90 Å². The van der Waals surface area contributed by atoms with E-state index in [2.05, 4.69) is 53.1 Å². The first kappa shape index (κ1) is 26.9. The highest BCUT2D eigenvalue weighted by Crippen LogP contribution is 2.34. The Balaban J connectivity index is 1.20. The SMILES string of the molecule is N#C/C(=C/c1ccc2cc(-c3ccc(C#Cc4ccc(N(c5ccccc5)c5ccccc5)cc4)cc3)oc2c1)C(=O)O. The van der Waals surface area contributed by atoms with Gasteiger partial charge >= 0.3 is 5.97 Å². The Bertz CT molecular complexity index is 2000. The fourth-order valence-electron chi connectivity index (χ4n) is 4.75. The second-order valence-corrected chi connectivity index (χ2v) is 9.76. The van der Waals surface area contributed by atoms with Gasteiger partial charge in [-0.3, -0.25) is 0 Å². The maximum absolute atomic E-state index is 11.2. The average molecular weight is 557 g/mol. The first-order valence-electron chi connectivity index (χ1n) is 13.6. The van der Waals surface area contributed by atoms with Gasteiger partial charge in [-0.25, -0.2) is 4.79 Å². The second kappa shape index (κ2) is 12.1. The topological polar surface area (TPSA) is 77.5 Å². The van der Waals surface area contributed by atoms with E-state index in [9.17, 15) is 4.79 Å². The number of carboxylic acids is 1. The molecule has 0 fully saturated rings. The van der Waals surface area contributed by atoms with Crippen molar-refractivity contribution in [1.82, 2.24) is 0 Å². The fourth-order valence-corrected chi connectivity index (χ4v) is 4.75. The lowest BCUT2D eigenvalue weighted by Gasteiger charge is -2.25. The lowest BCUT2D eigenvalue weighted by Crippen LogP contribution is -2.09. The average Bonchev–Trinajstić information content (AvgIpc) is 3.48. The Kier molecular flexibility index (Phi) is 7.54. The first-order chi connectivity index (χ1) is 21.1. The lowest BCUT2D eigenvalue weighted by molar-refractivity contribution is -0.132. The molecule has 0 atom stereocenters. The summed E-state index contributed by atoms with van der Waals surface area (Å²) in [5, 5.41) is 19.0. The standard InChI is InChI=1S/C38H24N2O3/c39-26-32(38(41)42)23-29-15-20-31-25-37(43-36(31)24-29)30-18-13-27(14-19-30)11-12-28-16-21-35(22-17-28)40(33-7-3-1-4-8-33)34-9-5-2-6-10-34/h1-10,13-25H,(H,41,42)/b32-23-. The van der Waals surface area contributed by atoms with Crippen LogP contribution in [0.4, 0.5) is 17.1 Å². The Labute approximate surface area is 249 Å². The minimum Gasteiger partial charge on any atom is -0.477 e. The predicted molar refractivity (Wildman–Crippen MR) is 170 cm³/mol. The summed E-state index contributed by atoms with van der Waals surface area (Å²) in [6.45, 7) is 0. The maximum Gasteiger partial charge on any atom is 0.346 e. The van der Waals surface area contributed by atoms with Crippen LogP contribution in [0.5, 0.6) is 0 Å². The number of carbonyl (C=O) groups is 1. The highest BCUT2D eigenvalue weighted by atomic mass is 16.4. The molecule has 0 unspecified atom stereocenters. The van der Waals surface area contributed by atoms with Gasteiger partial charge in [-0.05, 0) is 84.4 Å². The van der Waals surface area contributed by atoms with Gasteiger partial charge in [-0.15, -0.1) is 0 Å². The Hall–Kier alpha value is -6.30. The van der Waals surface area contributed by atoms with Crippen LogP contribution in [0.25, 0.3) is 28.4 Å². The van der Waals surface area contributed by atoms with E-state index in [0.717, 1.165) is 39.1 Å². The van der Waals surface area contributed by atoms with Crippen LogP contribution in [0, 0.1) is 23.2 Å². The van der Waals surface area contributed by atoms with Gasteiger partial charge in [-0.1, -0.05) is 72.5 Å². The normalized spacial score (nSPS) is 10.9. The number of fused-ring (bicyclic) bond motifs is 1. The van der Waals surface area contributed by atoms with Crippen LogP contribution in [0.15, 0.2) is 143 Å². The van der Waals surface area contributed by atoms with Crippen molar-refractivity contribution >= 4 is 40.1 Å². The van der Waals surface area contributed by atoms with E-state index < -0.39 is 5.97 Å². The van der Waals surface area contributed by atoms with Crippen LogP contribution in [-0.2, 0) is 4.79 Å². The molecule has 0 aliphatic rings. The monoisotopic (exact) mass is 556 g/mol. The maximum atomic E-state index is 11.2. The van der Waals surface area contributed by atoms with E-state index in [0.29, 0.717) is 16.9 Å². The summed E-state index contributed by atoms with van der Waals surface area (Å²) in [4.78, 5) is 13.4. The molecule has 6 aromatic rings. The smallest absolute Gasteiger partial charge is 0.346 e. The van der Waals surface area contributed by atoms with Crippen LogP contribution in [0.1, 0.15) is 16.7 Å². The number of hydrogen-bond acceptors (Lipinski definition) is 4. The van der Waals surface area contributed by atoms with Gasteiger partial charge in [0.2, 0.25) is 0 Å². The molecule has 0 spiro atoms. The molecule has 0 aliphatic heterocycles. The number of nitriles is 1. The quantitative estimate of drug-likeness (QED) is 0.126. The van der Waals surface area contributed by atoms with Crippen LogP contribution in [0.2, 0.25) is 0 Å². The zero-order chi connectivity index (χ0) is 29.6. The molecular weight excluding hydrogens is 532 g/mol. The molecule has 6 rings (SSSR count). The summed E-state index contributed by atoms with van der Waals surface area (Å²) in [7, 11) is 0. The Morgan fingerprint density at radius 2 is 1.26 bits per heavy atom. The summed E-state index contributed by atoms with van der Waals surface area (Å²) in [6.07, 6.45) is 1.33. The minimum atomic E-state index is -1.26. The number of anilines is 3. The van der Waals surface area contributed by atoms with Crippen molar-refractivity contribution in [2.45, 2.75) is 0 Å². The molecule has 0 radical (unpaired) electrons. The molecule has 0 aliphatic carbocycles. The number of nitrogens with zero attached hydrogens (tertiary/aromatic N) is 2. The van der Waals surface area contributed by atoms with E-state index in [-0.39, 0.29) is 5.57 Å². The molecule has 5 nitrogen and oxygen atoms in total. The predicted octanol–water partition coefficient (Wildman–Crippen LogP) is 8.96. The van der Waals surface area contributed by atoms with Crippen LogP contribution in [0.3, 0.4) is 0 Å². The second-order valence-electron chi connectivity index (χ2n) is 9.76. The number of para-hydroxylation sites is 2. The number of aliphatic carboxylic acids is 1. The fraction of sp³-hybridized carbons (Fsp3) is 0. The molecule has 1 heterocycles. The van der Waals surface area contributed by atoms with Gasteiger partial charge in [0, 0.05) is 39.1 Å². The largest absolute Gasteiger partial charge is 0.477 e. The summed E-state index contributed by atoms with van der Waals surface area (Å²) in [5.41, 5.74) is 6.77. The Morgan fingerprint density at radius 3 is 1.81 bits per heavy atom. The van der Waals surface area contributed by atoms with Gasteiger partial charge in [-0.2, -0.15) is 5.26 Å². The number of benzene rings is 5. The third-order valence-electron chi connectivity index (χ3n) is 6.88. The molecule has 0 saturated carbocycles. The van der Waals surface area contributed by atoms with E-state index in [4.69, 9.17) is 14.8 Å². The molecule has 204 valence electrons. The summed E-state index contributed by atoms with van der Waals surface area (Å²) < 4.78 is 6.03. The van der Waals surface area contributed by atoms with Gasteiger partial charge in [0.05, 0.1) is 0 Å². The van der Waals surface area contributed by atoms with E-state index in [1.54, 1.807) is 18.2 Å². The first-order valence-corrected chi connectivity index (χ1v) is 13.6. The Morgan fingerprint density at radius 1 is 0.698 bits per heavy atom. The molecule has 0 amide bonds. The highest BCUT2D eigenvalue weighted by molar-refractivity contribution is 5.97. The molecule has 5 heteroatoms. The lowest BCUT2D eigenvalue weighted by atomic mass is 10.1. The van der Waals surface area contributed by atoms with Crippen molar-refractivity contribution in [3.05, 3.63) is 156 Å². The van der Waals surface area contributed by atoms with Crippen molar-refractivity contribution in [2.24, 2.45) is 0 Å². The molecular formula is C38H24N2O3. The molecule has 0 saturated heterocycles. The van der Waals surface area contributed by atoms with E-state index in [1.165, 1.54) is 6.08 Å². The number of hydrogen-bond donors (Lipinski definition) is 1. The number of rotatable bonds is 6. The van der Waals surface area contributed by atoms with Crippen molar-refractivity contribution in [3.8, 4) is 29.2 Å². The number of carboxylic acid groups (broad SMARTS) is 1. The molecule has 43 heavy (non-hydrogen) atoms. The van der Waals surface area contributed by atoms with Crippen molar-refractivity contribution in [1.29, 1.82) is 5.26 Å². The molecule has 1 N–H and O–H groups in total. The van der Waals surface area contributed by atoms with Gasteiger partial charge in [0.1, 0.15) is 23.0 Å². The molecule has 5 aromatic carbocycles. The summed E-state index contributed by atoms with van der Waals surface area (Å²) >= 11 is 0. The van der Waals surface area contributed by atoms with Crippen molar-refractivity contribution in [3.63, 3.8) is 0 Å². The third-order valence-corrected chi connectivity index (χ3v) is 6.88. The third kappa shape index (κ3) is 6.07. The molecule has 1 aromatic heterocycles. The zero-order valence-corrected chi connectivity index (χ0v) is 22.9. The van der Waals surface area contributed by atoms with Crippen LogP contribution >= 0.6 is 0 Å². The summed E-state index contributed by atoms with van der Waals surface area (Å²) in [6, 6.07) is 45.6. The van der Waals surface area contributed by atoms with Crippen molar-refractivity contribution in [2.75, 3.05) is 4.90 Å². The zero-order valence-electron chi connectivity index (χ0n) is 22.9. The van der Waals surface area contributed by atoms with E-state index in [1.807, 2.05) is 84.9 Å². The van der Waals surface area contributed by atoms with Gasteiger partial charge in [0.15, 0.2) is 0 Å². The van der Waals surface area contributed by atoms with E-state index >= 15 is 0 Å². The van der Waals surface area contributed by atoms with Crippen LogP contribution in [-0.4, -0.2) is 11.1 Å². The number of furan rings is 1. The highest BCUT2D eigenvalue weighted by Gasteiger charge is 2.12. The minimum absolute atomic E-state index is 0.333. The molecule has 0 bridgehead atoms. The van der Waals surface area contributed by atoms with Gasteiger partial charge < -0.3 is 14.4 Å². The van der Waals surface area contributed by atoms with Crippen molar-refractivity contribution < 1.29 is 14.3 Å². The summed E-state index contributed by atoms with van der Waals surface area (Å²) in [5.74, 6) is 5.93. The van der Waals surface area contributed by atoms with Gasteiger partial charge in [0.25, 0.3) is 0 Å².